The number of pyridine rings is 2. The SMILES string of the molecule is CNC(C)(C)C1CCN(c2nc3c(cc2F)c(=O)c(C(=O)O)cn3C2CC2)C1. The zero-order valence-corrected chi connectivity index (χ0v) is 16.3. The summed E-state index contributed by atoms with van der Waals surface area (Å²) in [4.78, 5) is 30.4. The molecule has 0 spiro atoms. The average molecular weight is 388 g/mol. The lowest BCUT2D eigenvalue weighted by Crippen LogP contribution is -2.45. The Bertz CT molecular complexity index is 1010. The maximum absolute atomic E-state index is 14.9. The Labute approximate surface area is 162 Å². The van der Waals surface area contributed by atoms with Crippen molar-refractivity contribution in [1.29, 1.82) is 0 Å². The first-order valence-corrected chi connectivity index (χ1v) is 9.65. The van der Waals surface area contributed by atoms with Gasteiger partial charge in [-0.25, -0.2) is 14.2 Å². The van der Waals surface area contributed by atoms with Gasteiger partial charge in [-0.1, -0.05) is 0 Å². The molecule has 2 fully saturated rings. The summed E-state index contributed by atoms with van der Waals surface area (Å²) in [6.07, 6.45) is 4.07. The average Bonchev–Trinajstić information content (AvgIpc) is 3.37. The molecule has 1 aliphatic carbocycles. The first kappa shape index (κ1) is 18.9. The van der Waals surface area contributed by atoms with Crippen molar-refractivity contribution in [3.05, 3.63) is 33.9 Å². The molecule has 1 unspecified atom stereocenters. The van der Waals surface area contributed by atoms with Crippen LogP contribution in [0, 0.1) is 11.7 Å². The number of anilines is 1. The minimum Gasteiger partial charge on any atom is -0.477 e. The molecule has 0 amide bonds. The fourth-order valence-electron chi connectivity index (χ4n) is 3.99. The predicted molar refractivity (Wildman–Crippen MR) is 105 cm³/mol. The van der Waals surface area contributed by atoms with E-state index in [1.54, 1.807) is 4.57 Å². The number of fused-ring (bicyclic) bond motifs is 1. The van der Waals surface area contributed by atoms with Gasteiger partial charge in [0.25, 0.3) is 0 Å². The van der Waals surface area contributed by atoms with Crippen molar-refractivity contribution in [3.63, 3.8) is 0 Å². The zero-order valence-electron chi connectivity index (χ0n) is 16.3. The predicted octanol–water partition coefficient (Wildman–Crippen LogP) is 2.39. The maximum atomic E-state index is 14.9. The number of carbonyl (C=O) groups is 1. The highest BCUT2D eigenvalue weighted by Gasteiger charge is 2.36. The molecule has 1 saturated carbocycles. The van der Waals surface area contributed by atoms with Crippen molar-refractivity contribution in [1.82, 2.24) is 14.9 Å². The molecule has 2 aliphatic rings. The van der Waals surface area contributed by atoms with Crippen molar-refractivity contribution in [3.8, 4) is 0 Å². The van der Waals surface area contributed by atoms with E-state index in [0.29, 0.717) is 24.7 Å². The van der Waals surface area contributed by atoms with Crippen LogP contribution in [-0.2, 0) is 0 Å². The van der Waals surface area contributed by atoms with Gasteiger partial charge in [-0.05, 0) is 52.1 Å². The minimum atomic E-state index is -1.30. The molecule has 1 aliphatic heterocycles. The summed E-state index contributed by atoms with van der Waals surface area (Å²) >= 11 is 0. The lowest BCUT2D eigenvalue weighted by atomic mass is 9.87. The first-order valence-electron chi connectivity index (χ1n) is 9.65. The Hall–Kier alpha value is -2.48. The fraction of sp³-hybridized carbons (Fsp3) is 0.550. The molecule has 28 heavy (non-hydrogen) atoms. The Kier molecular flexibility index (Phi) is 4.41. The van der Waals surface area contributed by atoms with Crippen LogP contribution >= 0.6 is 0 Å². The molecule has 2 aromatic rings. The number of carboxylic acid groups (broad SMARTS) is 1. The summed E-state index contributed by atoms with van der Waals surface area (Å²) < 4.78 is 16.7. The largest absolute Gasteiger partial charge is 0.477 e. The summed E-state index contributed by atoms with van der Waals surface area (Å²) in [5.74, 6) is -1.31. The molecule has 1 saturated heterocycles. The van der Waals surface area contributed by atoms with E-state index in [0.717, 1.165) is 25.3 Å². The lowest BCUT2D eigenvalue weighted by Gasteiger charge is -2.31. The van der Waals surface area contributed by atoms with Crippen LogP contribution in [0.25, 0.3) is 11.0 Å². The van der Waals surface area contributed by atoms with E-state index >= 15 is 0 Å². The van der Waals surface area contributed by atoms with E-state index in [9.17, 15) is 19.1 Å². The second-order valence-corrected chi connectivity index (χ2v) is 8.38. The van der Waals surface area contributed by atoms with Crippen molar-refractivity contribution >= 4 is 22.8 Å². The third-order valence-electron chi connectivity index (χ3n) is 6.26. The number of nitrogens with zero attached hydrogens (tertiary/aromatic N) is 3. The van der Waals surface area contributed by atoms with Crippen LogP contribution < -0.4 is 15.6 Å². The van der Waals surface area contributed by atoms with E-state index in [2.05, 4.69) is 24.1 Å². The molecule has 4 rings (SSSR count). The molecule has 1 atom stereocenters. The molecule has 0 radical (unpaired) electrons. The summed E-state index contributed by atoms with van der Waals surface area (Å²) in [6.45, 7) is 5.61. The Morgan fingerprint density at radius 1 is 1.36 bits per heavy atom. The van der Waals surface area contributed by atoms with Crippen LogP contribution in [0.3, 0.4) is 0 Å². The fourth-order valence-corrected chi connectivity index (χ4v) is 3.99. The molecule has 2 N–H and O–H groups in total. The summed E-state index contributed by atoms with van der Waals surface area (Å²) in [5.41, 5.74) is -0.738. The zero-order chi connectivity index (χ0) is 20.2. The van der Waals surface area contributed by atoms with E-state index in [1.165, 1.54) is 6.20 Å². The molecular formula is C20H25FN4O3. The van der Waals surface area contributed by atoms with Gasteiger partial charge >= 0.3 is 5.97 Å². The highest BCUT2D eigenvalue weighted by Crippen LogP contribution is 2.38. The molecule has 150 valence electrons. The van der Waals surface area contributed by atoms with Gasteiger partial charge < -0.3 is 19.9 Å². The second kappa shape index (κ2) is 6.55. The summed E-state index contributed by atoms with van der Waals surface area (Å²) in [5, 5.41) is 12.7. The van der Waals surface area contributed by atoms with Gasteiger partial charge in [-0.2, -0.15) is 0 Å². The van der Waals surface area contributed by atoms with E-state index < -0.39 is 17.2 Å². The van der Waals surface area contributed by atoms with Crippen molar-refractivity contribution in [2.45, 2.75) is 44.7 Å². The number of nitrogens with one attached hydrogen (secondary N) is 1. The van der Waals surface area contributed by atoms with Gasteiger partial charge in [0, 0.05) is 30.9 Å². The van der Waals surface area contributed by atoms with Gasteiger partial charge in [0.1, 0.15) is 11.2 Å². The molecule has 8 heteroatoms. The molecule has 7 nitrogen and oxygen atoms in total. The highest BCUT2D eigenvalue weighted by molar-refractivity contribution is 5.92. The number of aromatic carboxylic acids is 1. The molecular weight excluding hydrogens is 363 g/mol. The quantitative estimate of drug-likeness (QED) is 0.818. The number of hydrogen-bond donors (Lipinski definition) is 2. The van der Waals surface area contributed by atoms with Crippen molar-refractivity contribution in [2.24, 2.45) is 5.92 Å². The van der Waals surface area contributed by atoms with E-state index in [1.807, 2.05) is 11.9 Å². The molecule has 3 heterocycles. The van der Waals surface area contributed by atoms with Crippen LogP contribution in [-0.4, -0.2) is 46.3 Å². The van der Waals surface area contributed by atoms with Gasteiger partial charge in [-0.15, -0.1) is 0 Å². The standard InChI is InChI=1S/C20H25FN4O3/c1-20(2,22-3)11-6-7-24(9-11)18-15(21)8-13-16(26)14(19(27)28)10-25(12-4-5-12)17(13)23-18/h8,10-12,22H,4-7,9H2,1-3H3,(H,27,28). The van der Waals surface area contributed by atoms with Gasteiger partial charge in [0.15, 0.2) is 11.6 Å². The third-order valence-corrected chi connectivity index (χ3v) is 6.26. The number of rotatable bonds is 5. The van der Waals surface area contributed by atoms with E-state index in [4.69, 9.17) is 0 Å². The molecule has 0 aromatic carbocycles. The maximum Gasteiger partial charge on any atom is 0.341 e. The van der Waals surface area contributed by atoms with Crippen LogP contribution in [0.1, 0.15) is 49.5 Å². The monoisotopic (exact) mass is 388 g/mol. The van der Waals surface area contributed by atoms with Gasteiger partial charge in [0.2, 0.25) is 5.43 Å². The normalized spacial score (nSPS) is 20.1. The van der Waals surface area contributed by atoms with Crippen LogP contribution in [0.2, 0.25) is 0 Å². The molecule has 2 aromatic heterocycles. The lowest BCUT2D eigenvalue weighted by molar-refractivity contribution is 0.0695. The Balaban J connectivity index is 1.81. The van der Waals surface area contributed by atoms with Crippen molar-refractivity contribution in [2.75, 3.05) is 25.0 Å². The first-order chi connectivity index (χ1) is 13.2. The second-order valence-electron chi connectivity index (χ2n) is 8.38. The number of carboxylic acids is 1. The van der Waals surface area contributed by atoms with Crippen molar-refractivity contribution < 1.29 is 14.3 Å². The van der Waals surface area contributed by atoms with Crippen LogP contribution in [0.4, 0.5) is 10.2 Å². The highest BCUT2D eigenvalue weighted by atomic mass is 19.1. The molecule has 0 bridgehead atoms. The van der Waals surface area contributed by atoms with Gasteiger partial charge in [0.05, 0.1) is 5.39 Å². The summed E-state index contributed by atoms with van der Waals surface area (Å²) in [6, 6.07) is 1.27. The van der Waals surface area contributed by atoms with Gasteiger partial charge in [-0.3, -0.25) is 4.79 Å². The Morgan fingerprint density at radius 2 is 2.07 bits per heavy atom. The summed E-state index contributed by atoms with van der Waals surface area (Å²) in [7, 11) is 1.92. The number of aromatic nitrogens is 2. The van der Waals surface area contributed by atoms with E-state index in [-0.39, 0.29) is 28.3 Å². The van der Waals surface area contributed by atoms with Crippen LogP contribution in [0.5, 0.6) is 0 Å². The minimum absolute atomic E-state index is 0.0272. The topological polar surface area (TPSA) is 87.5 Å². The smallest absolute Gasteiger partial charge is 0.341 e. The Morgan fingerprint density at radius 3 is 2.68 bits per heavy atom. The number of halogens is 1. The van der Waals surface area contributed by atoms with Crippen LogP contribution in [0.15, 0.2) is 17.1 Å². The number of hydrogen-bond acceptors (Lipinski definition) is 5. The third kappa shape index (κ3) is 3.05.